The van der Waals surface area contributed by atoms with Gasteiger partial charge in [-0.3, -0.25) is 18.5 Å². The van der Waals surface area contributed by atoms with Crippen LogP contribution in [-0.2, 0) is 20.6 Å². The maximum atomic E-state index is 13.2. The number of imidazole rings is 1. The lowest BCUT2D eigenvalue weighted by Crippen LogP contribution is -2.37. The summed E-state index contributed by atoms with van der Waals surface area (Å²) in [6.45, 7) is 2.48. The smallest absolute Gasteiger partial charge is 0.298 e. The zero-order chi connectivity index (χ0) is 21.0. The molecule has 3 aromatic heterocycles. The first kappa shape index (κ1) is 18.1. The lowest BCUT2D eigenvalue weighted by Gasteiger charge is -2.09. The van der Waals surface area contributed by atoms with Crippen LogP contribution in [0.3, 0.4) is 0 Å². The van der Waals surface area contributed by atoms with Crippen LogP contribution in [0.4, 0.5) is 0 Å². The summed E-state index contributed by atoms with van der Waals surface area (Å²) >= 11 is 0. The molecule has 3 heterocycles. The average molecular weight is 400 g/mol. The molecule has 8 heteroatoms. The lowest BCUT2D eigenvalue weighted by molar-refractivity contribution is 0.700. The van der Waals surface area contributed by atoms with E-state index in [1.165, 1.54) is 11.6 Å². The van der Waals surface area contributed by atoms with Gasteiger partial charge in [0.25, 0.3) is 5.56 Å². The van der Waals surface area contributed by atoms with Gasteiger partial charge in [0, 0.05) is 19.7 Å². The third kappa shape index (κ3) is 2.46. The second-order valence-electron chi connectivity index (χ2n) is 7.42. The predicted molar refractivity (Wildman–Crippen MR) is 115 cm³/mol. The first-order valence-corrected chi connectivity index (χ1v) is 9.62. The molecule has 0 aliphatic carbocycles. The van der Waals surface area contributed by atoms with E-state index in [4.69, 9.17) is 0 Å². The van der Waals surface area contributed by atoms with E-state index < -0.39 is 5.69 Å². The van der Waals surface area contributed by atoms with Crippen molar-refractivity contribution in [3.8, 4) is 11.4 Å². The summed E-state index contributed by atoms with van der Waals surface area (Å²) in [7, 11) is 3.16. The van der Waals surface area contributed by atoms with Crippen molar-refractivity contribution in [3.63, 3.8) is 0 Å². The highest BCUT2D eigenvalue weighted by molar-refractivity contribution is 5.80. The number of aromatic nitrogens is 6. The zero-order valence-corrected chi connectivity index (χ0v) is 16.9. The van der Waals surface area contributed by atoms with Gasteiger partial charge in [-0.15, -0.1) is 10.2 Å². The molecule has 0 atom stereocenters. The topological polar surface area (TPSA) is 79.1 Å². The second kappa shape index (κ2) is 6.55. The lowest BCUT2D eigenvalue weighted by atomic mass is 10.1. The van der Waals surface area contributed by atoms with Gasteiger partial charge < -0.3 is 0 Å². The first-order valence-electron chi connectivity index (χ1n) is 9.62. The number of rotatable bonds is 3. The number of benzene rings is 2. The third-order valence-corrected chi connectivity index (χ3v) is 5.60. The highest BCUT2D eigenvalue weighted by Crippen LogP contribution is 2.25. The van der Waals surface area contributed by atoms with E-state index in [9.17, 15) is 9.59 Å². The Labute approximate surface area is 171 Å². The van der Waals surface area contributed by atoms with Gasteiger partial charge >= 0.3 is 5.69 Å². The molecular weight excluding hydrogens is 380 g/mol. The summed E-state index contributed by atoms with van der Waals surface area (Å²) in [6.07, 6.45) is 0. The van der Waals surface area contributed by atoms with E-state index in [0.29, 0.717) is 29.3 Å². The minimum atomic E-state index is -0.393. The van der Waals surface area contributed by atoms with Crippen molar-refractivity contribution in [2.24, 2.45) is 14.1 Å². The molecule has 0 aliphatic rings. The summed E-state index contributed by atoms with van der Waals surface area (Å²) in [5.74, 6) is 1.10. The van der Waals surface area contributed by atoms with Crippen LogP contribution >= 0.6 is 0 Å². The summed E-state index contributed by atoms with van der Waals surface area (Å²) in [4.78, 5) is 25.9. The minimum absolute atomic E-state index is 0.355. The van der Waals surface area contributed by atoms with Crippen LogP contribution in [0.5, 0.6) is 0 Å². The summed E-state index contributed by atoms with van der Waals surface area (Å²) in [6, 6.07) is 17.6. The quantitative estimate of drug-likeness (QED) is 0.465. The van der Waals surface area contributed by atoms with E-state index >= 15 is 0 Å². The molecule has 0 saturated carbocycles. The van der Waals surface area contributed by atoms with Crippen LogP contribution < -0.4 is 11.2 Å². The molecule has 5 aromatic rings. The Morgan fingerprint density at radius 1 is 0.867 bits per heavy atom. The van der Waals surface area contributed by atoms with Crippen LogP contribution in [0.2, 0.25) is 0 Å². The molecule has 0 spiro atoms. The van der Waals surface area contributed by atoms with Gasteiger partial charge in [0.05, 0.1) is 6.54 Å². The zero-order valence-electron chi connectivity index (χ0n) is 16.9. The molecule has 8 nitrogen and oxygen atoms in total. The average Bonchev–Trinajstić information content (AvgIpc) is 3.32. The number of fused-ring (bicyclic) bond motifs is 3. The molecule has 0 unspecified atom stereocenters. The molecule has 0 saturated heterocycles. The summed E-state index contributed by atoms with van der Waals surface area (Å²) in [5.41, 5.74) is 3.19. The van der Waals surface area contributed by atoms with E-state index in [1.807, 2.05) is 66.1 Å². The number of hydrogen-bond acceptors (Lipinski definition) is 4. The van der Waals surface area contributed by atoms with Gasteiger partial charge in [-0.05, 0) is 18.1 Å². The molecule has 0 bridgehead atoms. The fourth-order valence-electron chi connectivity index (χ4n) is 3.94. The maximum absolute atomic E-state index is 13.2. The minimum Gasteiger partial charge on any atom is -0.298 e. The molecular formula is C22H20N6O2. The highest BCUT2D eigenvalue weighted by Gasteiger charge is 2.24. The molecule has 0 fully saturated rings. The molecule has 2 aromatic carbocycles. The molecule has 150 valence electrons. The fourth-order valence-corrected chi connectivity index (χ4v) is 3.94. The van der Waals surface area contributed by atoms with Crippen LogP contribution in [0, 0.1) is 6.92 Å². The van der Waals surface area contributed by atoms with Crippen molar-refractivity contribution in [1.29, 1.82) is 0 Å². The van der Waals surface area contributed by atoms with Crippen molar-refractivity contribution in [3.05, 3.63) is 86.6 Å². The number of hydrogen-bond donors (Lipinski definition) is 0. The van der Waals surface area contributed by atoms with E-state index in [2.05, 4.69) is 10.2 Å². The maximum Gasteiger partial charge on any atom is 0.332 e. The molecule has 0 aliphatic heterocycles. The predicted octanol–water partition coefficient (Wildman–Crippen LogP) is 2.11. The van der Waals surface area contributed by atoms with Crippen LogP contribution in [0.15, 0.2) is 64.2 Å². The fraction of sp³-hybridized carbons (Fsp3) is 0.182. The Balaban J connectivity index is 1.94. The SMILES string of the molecule is Cc1ccccc1Cn1c2c(=O)n(C)c(=O)n(C)c2n2c(-c3ccccc3)nnc12. The van der Waals surface area contributed by atoms with Gasteiger partial charge in [-0.1, -0.05) is 54.6 Å². The molecule has 30 heavy (non-hydrogen) atoms. The normalized spacial score (nSPS) is 11.6. The Bertz CT molecular complexity index is 1540. The highest BCUT2D eigenvalue weighted by atomic mass is 16.2. The van der Waals surface area contributed by atoms with Gasteiger partial charge in [-0.2, -0.15) is 0 Å². The Hall–Kier alpha value is -3.94. The van der Waals surface area contributed by atoms with Crippen molar-refractivity contribution in [2.45, 2.75) is 13.5 Å². The molecule has 0 radical (unpaired) electrons. The summed E-state index contributed by atoms with van der Waals surface area (Å²) in [5, 5.41) is 8.80. The van der Waals surface area contributed by atoms with Crippen molar-refractivity contribution in [1.82, 2.24) is 28.3 Å². The van der Waals surface area contributed by atoms with Gasteiger partial charge in [-0.25, -0.2) is 9.20 Å². The Morgan fingerprint density at radius 3 is 2.30 bits per heavy atom. The Kier molecular flexibility index (Phi) is 3.95. The van der Waals surface area contributed by atoms with E-state index in [0.717, 1.165) is 21.3 Å². The van der Waals surface area contributed by atoms with E-state index in [-0.39, 0.29) is 5.56 Å². The van der Waals surface area contributed by atoms with E-state index in [1.54, 1.807) is 11.4 Å². The molecule has 5 rings (SSSR count). The van der Waals surface area contributed by atoms with Gasteiger partial charge in [0.1, 0.15) is 0 Å². The number of aryl methyl sites for hydroxylation is 2. The van der Waals surface area contributed by atoms with Crippen molar-refractivity contribution < 1.29 is 0 Å². The molecule has 0 amide bonds. The third-order valence-electron chi connectivity index (χ3n) is 5.60. The summed E-state index contributed by atoms with van der Waals surface area (Å²) < 4.78 is 6.25. The second-order valence-corrected chi connectivity index (χ2v) is 7.42. The molecule has 0 N–H and O–H groups in total. The standard InChI is InChI=1S/C22H20N6O2/c1-14-9-7-8-12-16(14)13-27-17-19(25(2)22(30)26(3)20(17)29)28-18(23-24-21(27)28)15-10-5-4-6-11-15/h4-12H,13H2,1-3H3. The van der Waals surface area contributed by atoms with Crippen LogP contribution in [0.25, 0.3) is 28.3 Å². The largest absolute Gasteiger partial charge is 0.332 e. The van der Waals surface area contributed by atoms with Crippen molar-refractivity contribution in [2.75, 3.05) is 0 Å². The van der Waals surface area contributed by atoms with Gasteiger partial charge in [0.2, 0.25) is 5.78 Å². The first-order chi connectivity index (χ1) is 14.5. The van der Waals surface area contributed by atoms with Crippen molar-refractivity contribution >= 4 is 16.9 Å². The number of nitrogens with zero attached hydrogens (tertiary/aromatic N) is 6. The van der Waals surface area contributed by atoms with Gasteiger partial charge in [0.15, 0.2) is 17.0 Å². The Morgan fingerprint density at radius 2 is 1.57 bits per heavy atom. The monoisotopic (exact) mass is 400 g/mol. The van der Waals surface area contributed by atoms with Crippen LogP contribution in [0.1, 0.15) is 11.1 Å². The van der Waals surface area contributed by atoms with Crippen LogP contribution in [-0.4, -0.2) is 28.3 Å².